The molecule has 7 heteroatoms. The van der Waals surface area contributed by atoms with E-state index in [1.54, 1.807) is 65.5 Å². The zero-order chi connectivity index (χ0) is 14.9. The molecule has 106 valence electrons. The van der Waals surface area contributed by atoms with E-state index in [0.29, 0.717) is 4.77 Å². The van der Waals surface area contributed by atoms with Gasteiger partial charge in [0, 0.05) is 5.69 Å². The van der Waals surface area contributed by atoms with Crippen LogP contribution in [0, 0.1) is 4.77 Å². The summed E-state index contributed by atoms with van der Waals surface area (Å²) < 4.78 is 27.0. The lowest BCUT2D eigenvalue weighted by atomic mass is 10.3. The molecule has 1 aromatic heterocycles. The third-order valence-electron chi connectivity index (χ3n) is 3.03. The van der Waals surface area contributed by atoms with Gasteiger partial charge in [-0.15, -0.1) is 0 Å². The number of aromatic nitrogens is 3. The molecule has 0 aliphatic rings. The van der Waals surface area contributed by atoms with E-state index in [4.69, 9.17) is 12.2 Å². The second kappa shape index (κ2) is 5.27. The van der Waals surface area contributed by atoms with Gasteiger partial charge < -0.3 is 0 Å². The van der Waals surface area contributed by atoms with Crippen LogP contribution in [-0.2, 0) is 9.84 Å². The van der Waals surface area contributed by atoms with Crippen molar-refractivity contribution >= 4 is 22.1 Å². The van der Waals surface area contributed by atoms with Gasteiger partial charge in [-0.2, -0.15) is 5.10 Å². The molecule has 0 bridgehead atoms. The smallest absolute Gasteiger partial charge is 0.206 e. The standard InChI is InChI=1S/C14H11N3O2S2/c18-21(19,12-4-2-1-3-5-12)13-8-6-11(7-9-13)17-10-15-16-14(17)20/h1-10H,(H,16,20). The quantitative estimate of drug-likeness (QED) is 0.754. The molecule has 5 nitrogen and oxygen atoms in total. The van der Waals surface area contributed by atoms with Crippen molar-refractivity contribution in [3.8, 4) is 5.69 Å². The average Bonchev–Trinajstić information content (AvgIpc) is 2.94. The van der Waals surface area contributed by atoms with E-state index < -0.39 is 9.84 Å². The number of nitrogens with zero attached hydrogens (tertiary/aromatic N) is 2. The lowest BCUT2D eigenvalue weighted by Crippen LogP contribution is -2.02. The Morgan fingerprint density at radius 1 is 0.952 bits per heavy atom. The average molecular weight is 317 g/mol. The van der Waals surface area contributed by atoms with Crippen LogP contribution in [0.5, 0.6) is 0 Å². The molecule has 0 saturated carbocycles. The van der Waals surface area contributed by atoms with Crippen LogP contribution in [0.1, 0.15) is 0 Å². The highest BCUT2D eigenvalue weighted by Crippen LogP contribution is 2.21. The fraction of sp³-hybridized carbons (Fsp3) is 0. The first-order chi connectivity index (χ1) is 10.1. The topological polar surface area (TPSA) is 67.8 Å². The number of benzene rings is 2. The van der Waals surface area contributed by atoms with Crippen molar-refractivity contribution in [2.75, 3.05) is 0 Å². The molecule has 2 aromatic carbocycles. The normalized spacial score (nSPS) is 11.4. The molecule has 3 aromatic rings. The van der Waals surface area contributed by atoms with Gasteiger partial charge in [-0.3, -0.25) is 9.67 Å². The van der Waals surface area contributed by atoms with Gasteiger partial charge in [0.2, 0.25) is 9.84 Å². The number of nitrogens with one attached hydrogen (secondary N) is 1. The molecule has 0 radical (unpaired) electrons. The summed E-state index contributed by atoms with van der Waals surface area (Å²) in [4.78, 5) is 0.519. The van der Waals surface area contributed by atoms with Crippen LogP contribution in [0.3, 0.4) is 0 Å². The Labute approximate surface area is 126 Å². The predicted molar refractivity (Wildman–Crippen MR) is 80.6 cm³/mol. The van der Waals surface area contributed by atoms with Crippen LogP contribution in [-0.4, -0.2) is 23.2 Å². The van der Waals surface area contributed by atoms with Crippen molar-refractivity contribution in [1.82, 2.24) is 14.8 Å². The van der Waals surface area contributed by atoms with E-state index in [9.17, 15) is 8.42 Å². The summed E-state index contributed by atoms with van der Waals surface area (Å²) in [6.07, 6.45) is 1.54. The van der Waals surface area contributed by atoms with Crippen LogP contribution in [0.2, 0.25) is 0 Å². The molecule has 0 amide bonds. The third kappa shape index (κ3) is 2.53. The third-order valence-corrected chi connectivity index (χ3v) is 5.10. The van der Waals surface area contributed by atoms with E-state index in [0.717, 1.165) is 5.69 Å². The lowest BCUT2D eigenvalue weighted by molar-refractivity contribution is 0.596. The summed E-state index contributed by atoms with van der Waals surface area (Å²) in [6.45, 7) is 0. The first-order valence-corrected chi connectivity index (χ1v) is 8.01. The fourth-order valence-corrected chi connectivity index (χ4v) is 3.44. The zero-order valence-electron chi connectivity index (χ0n) is 10.8. The Balaban J connectivity index is 2.02. The maximum Gasteiger partial charge on any atom is 0.206 e. The van der Waals surface area contributed by atoms with Gasteiger partial charge in [-0.25, -0.2) is 8.42 Å². The molecule has 0 saturated heterocycles. The van der Waals surface area contributed by atoms with Gasteiger partial charge in [0.1, 0.15) is 6.33 Å². The first kappa shape index (κ1) is 13.7. The molecular weight excluding hydrogens is 306 g/mol. The molecule has 1 N–H and O–H groups in total. The Kier molecular flexibility index (Phi) is 3.44. The largest absolute Gasteiger partial charge is 0.275 e. The van der Waals surface area contributed by atoms with E-state index in [-0.39, 0.29) is 9.79 Å². The maximum atomic E-state index is 12.5. The zero-order valence-corrected chi connectivity index (χ0v) is 12.4. The monoisotopic (exact) mass is 317 g/mol. The Hall–Kier alpha value is -2.25. The minimum absolute atomic E-state index is 0.243. The van der Waals surface area contributed by atoms with Crippen molar-refractivity contribution in [3.05, 3.63) is 65.7 Å². The lowest BCUT2D eigenvalue weighted by Gasteiger charge is -2.06. The molecule has 1 heterocycles. The fourth-order valence-electron chi connectivity index (χ4n) is 1.95. The summed E-state index contributed by atoms with van der Waals surface area (Å²) in [5, 5.41) is 6.48. The van der Waals surface area contributed by atoms with E-state index in [1.165, 1.54) is 0 Å². The van der Waals surface area contributed by atoms with Gasteiger partial charge in [-0.05, 0) is 48.6 Å². The van der Waals surface area contributed by atoms with Crippen LogP contribution >= 0.6 is 12.2 Å². The Morgan fingerprint density at radius 3 is 2.14 bits per heavy atom. The highest BCUT2D eigenvalue weighted by molar-refractivity contribution is 7.91. The molecule has 3 rings (SSSR count). The summed E-state index contributed by atoms with van der Waals surface area (Å²) >= 11 is 5.08. The molecule has 0 aliphatic carbocycles. The van der Waals surface area contributed by atoms with E-state index in [1.807, 2.05) is 0 Å². The number of sulfone groups is 1. The summed E-state index contributed by atoms with van der Waals surface area (Å²) in [7, 11) is -3.49. The summed E-state index contributed by atoms with van der Waals surface area (Å²) in [5.74, 6) is 0. The van der Waals surface area contributed by atoms with Gasteiger partial charge in [0.25, 0.3) is 0 Å². The molecular formula is C14H11N3O2S2. The van der Waals surface area contributed by atoms with Crippen LogP contribution < -0.4 is 0 Å². The van der Waals surface area contributed by atoms with Gasteiger partial charge in [0.05, 0.1) is 9.79 Å². The van der Waals surface area contributed by atoms with E-state index in [2.05, 4.69) is 10.2 Å². The number of hydrogen-bond acceptors (Lipinski definition) is 4. The minimum atomic E-state index is -3.49. The molecule has 0 fully saturated rings. The highest BCUT2D eigenvalue weighted by atomic mass is 32.2. The second-order valence-electron chi connectivity index (χ2n) is 4.34. The number of rotatable bonds is 3. The van der Waals surface area contributed by atoms with Crippen LogP contribution in [0.4, 0.5) is 0 Å². The second-order valence-corrected chi connectivity index (χ2v) is 6.68. The number of hydrogen-bond donors (Lipinski definition) is 1. The molecule has 0 unspecified atom stereocenters. The number of H-pyrrole nitrogens is 1. The summed E-state index contributed by atoms with van der Waals surface area (Å²) in [6, 6.07) is 14.9. The predicted octanol–water partition coefficient (Wildman–Crippen LogP) is 2.76. The van der Waals surface area contributed by atoms with Gasteiger partial charge >= 0.3 is 0 Å². The highest BCUT2D eigenvalue weighted by Gasteiger charge is 2.16. The van der Waals surface area contributed by atoms with Crippen molar-refractivity contribution in [2.45, 2.75) is 9.79 Å². The molecule has 21 heavy (non-hydrogen) atoms. The SMILES string of the molecule is O=S(=O)(c1ccccc1)c1ccc(-n2cn[nH]c2=S)cc1. The van der Waals surface area contributed by atoms with E-state index >= 15 is 0 Å². The maximum absolute atomic E-state index is 12.5. The van der Waals surface area contributed by atoms with Crippen LogP contribution in [0.15, 0.2) is 70.7 Å². The van der Waals surface area contributed by atoms with Crippen molar-refractivity contribution < 1.29 is 8.42 Å². The number of aromatic amines is 1. The van der Waals surface area contributed by atoms with Crippen molar-refractivity contribution in [3.63, 3.8) is 0 Å². The molecule has 0 spiro atoms. The Morgan fingerprint density at radius 2 is 1.57 bits per heavy atom. The van der Waals surface area contributed by atoms with Gasteiger partial charge in [0.15, 0.2) is 4.77 Å². The summed E-state index contributed by atoms with van der Waals surface area (Å²) in [5.41, 5.74) is 0.751. The molecule has 0 aliphatic heterocycles. The van der Waals surface area contributed by atoms with Crippen molar-refractivity contribution in [1.29, 1.82) is 0 Å². The first-order valence-electron chi connectivity index (χ1n) is 6.11. The Bertz CT molecular complexity index is 911. The van der Waals surface area contributed by atoms with Crippen LogP contribution in [0.25, 0.3) is 5.69 Å². The van der Waals surface area contributed by atoms with Gasteiger partial charge in [-0.1, -0.05) is 18.2 Å². The minimum Gasteiger partial charge on any atom is -0.275 e. The molecule has 0 atom stereocenters. The van der Waals surface area contributed by atoms with Crippen molar-refractivity contribution in [2.24, 2.45) is 0 Å².